The van der Waals surface area contributed by atoms with Crippen molar-refractivity contribution in [1.29, 1.82) is 5.26 Å². The van der Waals surface area contributed by atoms with Crippen molar-refractivity contribution in [3.63, 3.8) is 0 Å². The van der Waals surface area contributed by atoms with Crippen LogP contribution in [0.3, 0.4) is 0 Å². The summed E-state index contributed by atoms with van der Waals surface area (Å²) >= 11 is 0. The fourth-order valence-electron chi connectivity index (χ4n) is 0.0500. The van der Waals surface area contributed by atoms with Crippen LogP contribution in [0.25, 0.3) is 0 Å². The van der Waals surface area contributed by atoms with Gasteiger partial charge in [0, 0.05) is 0 Å². The largest absolute Gasteiger partial charge is 0.395 e. The van der Waals surface area contributed by atoms with Gasteiger partial charge in [-0.3, -0.25) is 0 Å². The minimum absolute atomic E-state index is 0. The average molecular weight is 88.1 g/mol. The molecule has 0 aliphatic heterocycles. The van der Waals surface area contributed by atoms with Gasteiger partial charge in [0.1, 0.15) is 0 Å². The monoisotopic (exact) mass is 88.1 g/mol. The predicted octanol–water partition coefficient (Wildman–Crippen LogP) is 0.0544. The fourth-order valence-corrected chi connectivity index (χ4v) is 0.0500. The maximum Gasteiger partial charge on any atom is 0.0645 e. The third kappa shape index (κ3) is 9.96. The first kappa shape index (κ1) is 9.05. The molecule has 0 aliphatic carbocycles. The quantitative estimate of drug-likeness (QED) is 0.475. The summed E-state index contributed by atoms with van der Waals surface area (Å²) in [5.74, 6) is 0. The Labute approximate surface area is 36.8 Å². The number of hydrogen-bond acceptors (Lipinski definition) is 3. The Morgan fingerprint density at radius 2 is 2.17 bits per heavy atom. The molecule has 3 heteroatoms. The zero-order valence-electron chi connectivity index (χ0n) is 3.52. The van der Waals surface area contributed by atoms with Crippen molar-refractivity contribution in [3.05, 3.63) is 0 Å². The van der Waals surface area contributed by atoms with Crippen molar-refractivity contribution >= 4 is 0 Å². The van der Waals surface area contributed by atoms with E-state index in [1.54, 1.807) is 6.07 Å². The summed E-state index contributed by atoms with van der Waals surface area (Å²) in [6, 6.07) is 1.77. The number of rotatable bonds is 1. The summed E-state index contributed by atoms with van der Waals surface area (Å²) in [5.41, 5.74) is 0. The lowest BCUT2D eigenvalue weighted by atomic mass is 10.5. The average Bonchev–Trinajstić information content (AvgIpc) is 1.41. The smallest absolute Gasteiger partial charge is 0.0645 e. The van der Waals surface area contributed by atoms with Gasteiger partial charge < -0.3 is 11.3 Å². The molecule has 0 atom stereocenters. The lowest BCUT2D eigenvalue weighted by molar-refractivity contribution is 0.304. The van der Waals surface area contributed by atoms with Crippen molar-refractivity contribution in [2.75, 3.05) is 6.61 Å². The molecule has 0 radical (unpaired) electrons. The van der Waals surface area contributed by atoms with Gasteiger partial charge in [0.2, 0.25) is 0 Å². The van der Waals surface area contributed by atoms with E-state index in [1.165, 1.54) is 0 Å². The summed E-state index contributed by atoms with van der Waals surface area (Å²) < 4.78 is 0. The first-order chi connectivity index (χ1) is 2.41. The van der Waals surface area contributed by atoms with Crippen LogP contribution in [-0.2, 0) is 0 Å². The van der Waals surface area contributed by atoms with Crippen molar-refractivity contribution in [1.82, 2.24) is 6.15 Å². The molecule has 0 unspecified atom stereocenters. The molecule has 0 rings (SSSR count). The van der Waals surface area contributed by atoms with E-state index < -0.39 is 0 Å². The standard InChI is InChI=1S/C3H5NO.H3N/c4-2-1-3-5;/h5H,1,3H2;1H3. The van der Waals surface area contributed by atoms with E-state index in [4.69, 9.17) is 10.4 Å². The molecule has 0 spiro atoms. The first-order valence-corrected chi connectivity index (χ1v) is 1.39. The topological polar surface area (TPSA) is 79.0 Å². The number of hydrogen-bond donors (Lipinski definition) is 2. The van der Waals surface area contributed by atoms with Crippen LogP contribution in [-0.4, -0.2) is 11.7 Å². The Bertz CT molecular complexity index is 47.2. The van der Waals surface area contributed by atoms with Crippen LogP contribution < -0.4 is 6.15 Å². The van der Waals surface area contributed by atoms with Crippen LogP contribution in [0.15, 0.2) is 0 Å². The van der Waals surface area contributed by atoms with E-state index >= 15 is 0 Å². The molecular weight excluding hydrogens is 80.0 g/mol. The predicted molar refractivity (Wildman–Crippen MR) is 22.3 cm³/mol. The third-order valence-electron chi connectivity index (χ3n) is 0.224. The lowest BCUT2D eigenvalue weighted by Gasteiger charge is -1.67. The molecule has 4 N–H and O–H groups in total. The van der Waals surface area contributed by atoms with Gasteiger partial charge in [-0.05, 0) is 0 Å². The van der Waals surface area contributed by atoms with E-state index in [1.807, 2.05) is 0 Å². The highest BCUT2D eigenvalue weighted by Crippen LogP contribution is 1.62. The van der Waals surface area contributed by atoms with E-state index in [-0.39, 0.29) is 19.2 Å². The molecule has 6 heavy (non-hydrogen) atoms. The second-order valence-electron chi connectivity index (χ2n) is 0.632. The van der Waals surface area contributed by atoms with Gasteiger partial charge in [-0.15, -0.1) is 0 Å². The summed E-state index contributed by atoms with van der Waals surface area (Å²) in [4.78, 5) is 0. The van der Waals surface area contributed by atoms with E-state index in [2.05, 4.69) is 0 Å². The number of nitrogens with zero attached hydrogens (tertiary/aromatic N) is 1. The zero-order valence-corrected chi connectivity index (χ0v) is 3.52. The van der Waals surface area contributed by atoms with Crippen molar-refractivity contribution in [3.8, 4) is 6.07 Å². The Hall–Kier alpha value is -0.590. The van der Waals surface area contributed by atoms with Crippen LogP contribution in [0.1, 0.15) is 6.42 Å². The van der Waals surface area contributed by atoms with Gasteiger partial charge >= 0.3 is 0 Å². The van der Waals surface area contributed by atoms with E-state index in [0.717, 1.165) is 0 Å². The molecule has 0 saturated carbocycles. The zero-order chi connectivity index (χ0) is 4.12. The highest BCUT2D eigenvalue weighted by atomic mass is 16.2. The van der Waals surface area contributed by atoms with Crippen molar-refractivity contribution < 1.29 is 5.11 Å². The Balaban J connectivity index is 0. The Morgan fingerprint density at radius 1 is 1.67 bits per heavy atom. The maximum absolute atomic E-state index is 7.84. The van der Waals surface area contributed by atoms with E-state index in [9.17, 15) is 0 Å². The molecule has 0 heterocycles. The summed E-state index contributed by atoms with van der Waals surface area (Å²) in [7, 11) is 0. The molecule has 0 aromatic rings. The van der Waals surface area contributed by atoms with Gasteiger partial charge in [0.05, 0.1) is 19.1 Å². The fraction of sp³-hybridized carbons (Fsp3) is 0.667. The first-order valence-electron chi connectivity index (χ1n) is 1.39. The van der Waals surface area contributed by atoms with Crippen LogP contribution in [0, 0.1) is 11.3 Å². The Kier molecular flexibility index (Phi) is 13.3. The molecule has 0 saturated heterocycles. The third-order valence-corrected chi connectivity index (χ3v) is 0.224. The van der Waals surface area contributed by atoms with E-state index in [0.29, 0.717) is 0 Å². The van der Waals surface area contributed by atoms with Gasteiger partial charge in [-0.1, -0.05) is 0 Å². The maximum atomic E-state index is 7.84. The molecule has 0 fully saturated rings. The van der Waals surface area contributed by atoms with Crippen LogP contribution >= 0.6 is 0 Å². The van der Waals surface area contributed by atoms with Gasteiger partial charge in [0.25, 0.3) is 0 Å². The second-order valence-corrected chi connectivity index (χ2v) is 0.632. The van der Waals surface area contributed by atoms with Crippen molar-refractivity contribution in [2.24, 2.45) is 0 Å². The number of aliphatic hydroxyl groups is 1. The highest BCUT2D eigenvalue weighted by Gasteiger charge is 1.66. The van der Waals surface area contributed by atoms with Crippen LogP contribution in [0.4, 0.5) is 0 Å². The summed E-state index contributed by atoms with van der Waals surface area (Å²) in [6.07, 6.45) is 0.250. The molecule has 0 aromatic carbocycles. The van der Waals surface area contributed by atoms with Crippen LogP contribution in [0.5, 0.6) is 0 Å². The molecule has 0 aromatic heterocycles. The summed E-state index contributed by atoms with van der Waals surface area (Å²) in [6.45, 7) is -0.0174. The second kappa shape index (κ2) is 8.83. The SMILES string of the molecule is N.N#CCCO. The molecular formula is C3H8N2O. The molecule has 0 bridgehead atoms. The molecule has 0 amide bonds. The normalized spacial score (nSPS) is 5.33. The highest BCUT2D eigenvalue weighted by molar-refractivity contribution is 4.65. The molecule has 0 aliphatic rings. The summed E-state index contributed by atoms with van der Waals surface area (Å²) in [5, 5.41) is 15.5. The van der Waals surface area contributed by atoms with Gasteiger partial charge in [0.15, 0.2) is 0 Å². The van der Waals surface area contributed by atoms with Gasteiger partial charge in [-0.25, -0.2) is 0 Å². The number of aliphatic hydroxyl groups excluding tert-OH is 1. The lowest BCUT2D eigenvalue weighted by Crippen LogP contribution is -1.72. The van der Waals surface area contributed by atoms with Crippen molar-refractivity contribution in [2.45, 2.75) is 6.42 Å². The number of nitriles is 1. The van der Waals surface area contributed by atoms with Gasteiger partial charge in [-0.2, -0.15) is 5.26 Å². The minimum atomic E-state index is -0.0174. The molecule has 3 nitrogen and oxygen atoms in total. The van der Waals surface area contributed by atoms with Crippen LogP contribution in [0.2, 0.25) is 0 Å². The Morgan fingerprint density at radius 3 is 2.17 bits per heavy atom. The minimum Gasteiger partial charge on any atom is -0.395 e. The molecule has 36 valence electrons.